The molecule has 0 nitrogen and oxygen atoms in total. The second kappa shape index (κ2) is 8.13. The fourth-order valence-electron chi connectivity index (χ4n) is 4.26. The van der Waals surface area contributed by atoms with Crippen molar-refractivity contribution in [3.8, 4) is 0 Å². The van der Waals surface area contributed by atoms with Crippen LogP contribution in [0.4, 0.5) is 0 Å². The van der Waals surface area contributed by atoms with E-state index < -0.39 is 7.26 Å². The van der Waals surface area contributed by atoms with Crippen molar-refractivity contribution in [2.24, 2.45) is 0 Å². The van der Waals surface area contributed by atoms with Crippen LogP contribution in [0.1, 0.15) is 16.7 Å². The van der Waals surface area contributed by atoms with Gasteiger partial charge in [0.05, 0.1) is 0 Å². The van der Waals surface area contributed by atoms with Crippen molar-refractivity contribution in [3.63, 3.8) is 0 Å². The summed E-state index contributed by atoms with van der Waals surface area (Å²) in [5.74, 6) is 0. The first-order valence-electron chi connectivity index (χ1n) is 9.93. The van der Waals surface area contributed by atoms with Crippen molar-refractivity contribution >= 4 is 23.2 Å². The second-order valence-corrected chi connectivity index (χ2v) is 11.4. The molecule has 0 aliphatic rings. The zero-order valence-electron chi connectivity index (χ0n) is 16.6. The third-order valence-electron chi connectivity index (χ3n) is 5.97. The Hall–Kier alpha value is -2.69. The van der Waals surface area contributed by atoms with Crippen LogP contribution in [0.25, 0.3) is 0 Å². The predicted molar refractivity (Wildman–Crippen MR) is 126 cm³/mol. The topological polar surface area (TPSA) is 0 Å². The average Bonchev–Trinajstić information content (AvgIpc) is 2.77. The van der Waals surface area contributed by atoms with Gasteiger partial charge in [0.1, 0.15) is 0 Å². The van der Waals surface area contributed by atoms with Crippen molar-refractivity contribution in [1.82, 2.24) is 0 Å². The maximum atomic E-state index is 2.33. The van der Waals surface area contributed by atoms with Gasteiger partial charge in [-0.05, 0) is 0 Å². The van der Waals surface area contributed by atoms with Crippen molar-refractivity contribution in [1.29, 1.82) is 0 Å². The Balaban J connectivity index is 2.02. The molecule has 0 saturated carbocycles. The zero-order chi connectivity index (χ0) is 19.4. The maximum absolute atomic E-state index is 2.33. The molecule has 0 amide bonds. The number of hydrogen-bond acceptors (Lipinski definition) is 0. The molecule has 0 spiro atoms. The normalized spacial score (nSPS) is 11.9. The summed E-state index contributed by atoms with van der Waals surface area (Å²) in [6, 6.07) is 40.2. The molecule has 0 aliphatic carbocycles. The summed E-state index contributed by atoms with van der Waals surface area (Å²) < 4.78 is 0. The molecule has 0 aromatic heterocycles. The van der Waals surface area contributed by atoms with Crippen LogP contribution in [0.3, 0.4) is 0 Å². The van der Waals surface area contributed by atoms with Gasteiger partial charge in [0.15, 0.2) is 0 Å². The van der Waals surface area contributed by atoms with E-state index in [2.05, 4.69) is 123 Å². The van der Waals surface area contributed by atoms with Gasteiger partial charge in [-0.15, -0.1) is 0 Å². The first kappa shape index (κ1) is 18.7. The molecule has 1 heteroatoms. The monoisotopic (exact) mass is 382 g/mol. The van der Waals surface area contributed by atoms with Crippen LogP contribution < -0.4 is 15.9 Å². The molecule has 140 valence electrons. The Morgan fingerprint density at radius 1 is 0.500 bits per heavy atom. The molecule has 4 aromatic carbocycles. The molecule has 4 aromatic rings. The van der Waals surface area contributed by atoms with E-state index in [1.54, 1.807) is 0 Å². The standard InChI is InChI=1S/C27H27P/c1-22-13-12-14-24(23(22)2)21-28(25-15-6-3-7-16-25,26-17-8-4-9-18-26)27-19-10-5-11-20-27/h3-20,28H,21H2,1-2H3. The third-order valence-corrected chi connectivity index (χ3v) is 10.8. The molecule has 4 rings (SSSR count). The molecular formula is C27H27P. The first-order valence-corrected chi connectivity index (χ1v) is 12.1. The van der Waals surface area contributed by atoms with E-state index in [1.807, 2.05) is 0 Å². The minimum absolute atomic E-state index is 1.07. The summed E-state index contributed by atoms with van der Waals surface area (Å²) in [6.07, 6.45) is 1.07. The average molecular weight is 382 g/mol. The molecule has 0 atom stereocenters. The zero-order valence-corrected chi connectivity index (χ0v) is 17.6. The van der Waals surface area contributed by atoms with Gasteiger partial charge in [0.25, 0.3) is 0 Å². The van der Waals surface area contributed by atoms with Crippen LogP contribution in [0.5, 0.6) is 0 Å². The van der Waals surface area contributed by atoms with E-state index in [1.165, 1.54) is 32.6 Å². The van der Waals surface area contributed by atoms with Crippen molar-refractivity contribution in [3.05, 3.63) is 126 Å². The SMILES string of the molecule is Cc1cccc(C[PH](c2ccccc2)(c2ccccc2)c2ccccc2)c1C. The Labute approximate surface area is 169 Å². The van der Waals surface area contributed by atoms with E-state index in [0.29, 0.717) is 0 Å². The van der Waals surface area contributed by atoms with Crippen LogP contribution in [0, 0.1) is 13.8 Å². The van der Waals surface area contributed by atoms with Crippen LogP contribution in [0.15, 0.2) is 109 Å². The molecule has 0 unspecified atom stereocenters. The second-order valence-electron chi connectivity index (χ2n) is 7.54. The molecule has 0 fully saturated rings. The first-order chi connectivity index (χ1) is 13.7. The Morgan fingerprint density at radius 2 is 0.929 bits per heavy atom. The van der Waals surface area contributed by atoms with Crippen LogP contribution in [-0.2, 0) is 6.16 Å². The van der Waals surface area contributed by atoms with Gasteiger partial charge < -0.3 is 0 Å². The number of aryl methyl sites for hydroxylation is 1. The summed E-state index contributed by atoms with van der Waals surface area (Å²) in [4.78, 5) is 0. The van der Waals surface area contributed by atoms with Gasteiger partial charge in [-0.3, -0.25) is 0 Å². The van der Waals surface area contributed by atoms with E-state index in [-0.39, 0.29) is 0 Å². The number of benzene rings is 4. The Bertz CT molecular complexity index is 941. The number of hydrogen-bond donors (Lipinski definition) is 0. The molecule has 0 bridgehead atoms. The molecule has 28 heavy (non-hydrogen) atoms. The summed E-state index contributed by atoms with van der Waals surface area (Å²) in [7, 11) is -2.22. The van der Waals surface area contributed by atoms with Crippen LogP contribution in [0.2, 0.25) is 0 Å². The predicted octanol–water partition coefficient (Wildman–Crippen LogP) is 5.53. The van der Waals surface area contributed by atoms with Crippen molar-refractivity contribution in [2.45, 2.75) is 20.0 Å². The number of rotatable bonds is 5. The van der Waals surface area contributed by atoms with Gasteiger partial charge in [-0.25, -0.2) is 0 Å². The summed E-state index contributed by atoms with van der Waals surface area (Å²) in [6.45, 7) is 4.49. The molecule has 0 N–H and O–H groups in total. The van der Waals surface area contributed by atoms with Crippen molar-refractivity contribution in [2.75, 3.05) is 0 Å². The van der Waals surface area contributed by atoms with Gasteiger partial charge in [0.2, 0.25) is 0 Å². The molecular weight excluding hydrogens is 355 g/mol. The van der Waals surface area contributed by atoms with Gasteiger partial charge >= 0.3 is 169 Å². The summed E-state index contributed by atoms with van der Waals surface area (Å²) in [5.41, 5.74) is 4.25. The van der Waals surface area contributed by atoms with Crippen molar-refractivity contribution < 1.29 is 0 Å². The van der Waals surface area contributed by atoms with Gasteiger partial charge in [0, 0.05) is 0 Å². The van der Waals surface area contributed by atoms with E-state index in [4.69, 9.17) is 0 Å². The van der Waals surface area contributed by atoms with Crippen LogP contribution >= 0.6 is 7.26 Å². The third kappa shape index (κ3) is 3.41. The fraction of sp³-hybridized carbons (Fsp3) is 0.111. The van der Waals surface area contributed by atoms with Gasteiger partial charge in [-0.2, -0.15) is 0 Å². The Morgan fingerprint density at radius 3 is 1.36 bits per heavy atom. The molecule has 0 heterocycles. The van der Waals surface area contributed by atoms with E-state index in [9.17, 15) is 0 Å². The van der Waals surface area contributed by atoms with E-state index >= 15 is 0 Å². The molecule has 0 radical (unpaired) electrons. The van der Waals surface area contributed by atoms with E-state index in [0.717, 1.165) is 6.16 Å². The van der Waals surface area contributed by atoms with Gasteiger partial charge in [-0.1, -0.05) is 0 Å². The quantitative estimate of drug-likeness (QED) is 0.398. The fourth-order valence-corrected chi connectivity index (χ4v) is 9.11. The minimum atomic E-state index is -2.22. The Kier molecular flexibility index (Phi) is 5.42. The summed E-state index contributed by atoms with van der Waals surface area (Å²) in [5, 5.41) is 4.40. The van der Waals surface area contributed by atoms with Crippen LogP contribution in [-0.4, -0.2) is 0 Å². The summed E-state index contributed by atoms with van der Waals surface area (Å²) >= 11 is 0. The molecule has 0 aliphatic heterocycles. The molecule has 0 saturated heterocycles.